The van der Waals surface area contributed by atoms with Crippen LogP contribution < -0.4 is 4.90 Å². The lowest BCUT2D eigenvalue weighted by molar-refractivity contribution is 1.30. The van der Waals surface area contributed by atoms with Gasteiger partial charge in [0, 0.05) is 81.1 Å². The third kappa shape index (κ3) is 5.76. The zero-order valence-electron chi connectivity index (χ0n) is 41.1. The van der Waals surface area contributed by atoms with E-state index in [9.17, 15) is 0 Å². The standard InChI is InChI=1S/C72H43N3S/c1-5-18-44(19-6-1)48-36-40-60-58(42-48)53-27-15-30-56-66-65(47-22-9-3-10-23-47)71-67(64(46-20-7-2-8-21-46)70(66)74(60)68(53)56)57-31-16-28-54-59-43-49(37-41-61(59)75(71)69(54)57)45-34-38-51(39-35-45)73(50-24-11-4-12-25-50)62-32-17-29-55-52-26-13-14-33-63(52)76-72(55)62/h1-43H. The van der Waals surface area contributed by atoms with Crippen LogP contribution in [-0.4, -0.2) is 8.80 Å². The molecule has 0 amide bonds. The summed E-state index contributed by atoms with van der Waals surface area (Å²) >= 11 is 1.87. The molecule has 0 radical (unpaired) electrons. The molecule has 0 saturated carbocycles. The highest BCUT2D eigenvalue weighted by atomic mass is 32.1. The van der Waals surface area contributed by atoms with Crippen molar-refractivity contribution in [2.24, 2.45) is 0 Å². The van der Waals surface area contributed by atoms with Crippen molar-refractivity contribution in [3.8, 4) is 44.5 Å². The molecule has 17 rings (SSSR count). The quantitative estimate of drug-likeness (QED) is 0.155. The second kappa shape index (κ2) is 15.9. The number of fused-ring (bicyclic) bond motifs is 15. The van der Waals surface area contributed by atoms with Gasteiger partial charge in [-0.15, -0.1) is 11.3 Å². The highest BCUT2D eigenvalue weighted by molar-refractivity contribution is 7.26. The van der Waals surface area contributed by atoms with Crippen molar-refractivity contribution in [3.63, 3.8) is 0 Å². The average molecular weight is 982 g/mol. The molecule has 0 aliphatic carbocycles. The minimum atomic E-state index is 1.12. The molecular formula is C72H43N3S. The maximum atomic E-state index is 2.61. The first kappa shape index (κ1) is 41.7. The third-order valence-corrected chi connectivity index (χ3v) is 17.5. The SMILES string of the molecule is c1ccc(-c2ccc3c(c2)c2cccc4c5c(-c6ccccc6)c6c(c(-c7ccccc7)c5n3c24)c2cccc3c4cc(-c5ccc(N(c7ccccc7)c7cccc8c7sc7ccccc78)cc5)ccc4n6c32)cc1. The minimum absolute atomic E-state index is 1.12. The van der Waals surface area contributed by atoms with E-state index in [-0.39, 0.29) is 0 Å². The molecule has 5 aromatic heterocycles. The molecule has 0 fully saturated rings. The summed E-state index contributed by atoms with van der Waals surface area (Å²) in [7, 11) is 0. The number of benzene rings is 12. The molecule has 0 unspecified atom stereocenters. The molecule has 0 atom stereocenters. The maximum absolute atomic E-state index is 2.61. The number of rotatable bonds is 7. The van der Waals surface area contributed by atoms with Crippen LogP contribution in [0.1, 0.15) is 0 Å². The highest BCUT2D eigenvalue weighted by Gasteiger charge is 2.31. The maximum Gasteiger partial charge on any atom is 0.0640 e. The summed E-state index contributed by atoms with van der Waals surface area (Å²) in [5.41, 5.74) is 20.7. The van der Waals surface area contributed by atoms with Crippen LogP contribution in [0.15, 0.2) is 261 Å². The molecule has 352 valence electrons. The average Bonchev–Trinajstić information content (AvgIpc) is 4.45. The van der Waals surface area contributed by atoms with Crippen LogP contribution >= 0.6 is 11.3 Å². The van der Waals surface area contributed by atoms with Gasteiger partial charge in [0.1, 0.15) is 0 Å². The first-order chi connectivity index (χ1) is 37.7. The molecule has 0 spiro atoms. The molecule has 0 N–H and O–H groups in total. The molecule has 3 nitrogen and oxygen atoms in total. The van der Waals surface area contributed by atoms with Gasteiger partial charge in [-0.25, -0.2) is 0 Å². The van der Waals surface area contributed by atoms with Gasteiger partial charge in [0.2, 0.25) is 0 Å². The van der Waals surface area contributed by atoms with E-state index in [0.717, 1.165) is 11.4 Å². The lowest BCUT2D eigenvalue weighted by Crippen LogP contribution is -2.09. The van der Waals surface area contributed by atoms with E-state index < -0.39 is 0 Å². The Balaban J connectivity index is 0.910. The van der Waals surface area contributed by atoms with E-state index in [2.05, 4.69) is 275 Å². The summed E-state index contributed by atoms with van der Waals surface area (Å²) in [5, 5.41) is 12.7. The first-order valence-electron chi connectivity index (χ1n) is 26.2. The molecular weight excluding hydrogens is 939 g/mol. The van der Waals surface area contributed by atoms with Crippen LogP contribution in [0.25, 0.3) is 141 Å². The lowest BCUT2D eigenvalue weighted by Gasteiger charge is -2.26. The van der Waals surface area contributed by atoms with Crippen molar-refractivity contribution in [2.45, 2.75) is 0 Å². The fraction of sp³-hybridized carbons (Fsp3) is 0. The van der Waals surface area contributed by atoms with Gasteiger partial charge in [-0.1, -0.05) is 200 Å². The number of nitrogens with zero attached hydrogens (tertiary/aromatic N) is 3. The fourth-order valence-corrected chi connectivity index (χ4v) is 14.4. The van der Waals surface area contributed by atoms with Gasteiger partial charge in [0.25, 0.3) is 0 Å². The smallest absolute Gasteiger partial charge is 0.0640 e. The molecule has 76 heavy (non-hydrogen) atoms. The van der Waals surface area contributed by atoms with E-state index in [1.165, 1.54) is 147 Å². The molecule has 0 saturated heterocycles. The summed E-state index contributed by atoms with van der Waals surface area (Å²) < 4.78 is 7.81. The fourth-order valence-electron chi connectivity index (χ4n) is 13.2. The second-order valence-corrected chi connectivity index (χ2v) is 21.4. The minimum Gasteiger partial charge on any atom is -0.309 e. The zero-order chi connectivity index (χ0) is 49.6. The number of aromatic nitrogens is 2. The second-order valence-electron chi connectivity index (χ2n) is 20.3. The molecule has 0 aliphatic heterocycles. The largest absolute Gasteiger partial charge is 0.309 e. The Morgan fingerprint density at radius 1 is 0.276 bits per heavy atom. The molecule has 5 heterocycles. The molecule has 17 aromatic rings. The van der Waals surface area contributed by atoms with Crippen molar-refractivity contribution in [1.82, 2.24) is 8.80 Å². The van der Waals surface area contributed by atoms with Crippen LogP contribution in [-0.2, 0) is 0 Å². The number of para-hydroxylation sites is 3. The van der Waals surface area contributed by atoms with Crippen molar-refractivity contribution >= 4 is 125 Å². The van der Waals surface area contributed by atoms with Gasteiger partial charge in [0.05, 0.1) is 43.5 Å². The molecule has 4 heteroatoms. The topological polar surface area (TPSA) is 12.1 Å². The molecule has 0 aliphatic rings. The van der Waals surface area contributed by atoms with Crippen LogP contribution in [0.3, 0.4) is 0 Å². The summed E-state index contributed by atoms with van der Waals surface area (Å²) in [4.78, 5) is 2.41. The Morgan fingerprint density at radius 2 is 0.697 bits per heavy atom. The Labute approximate surface area is 441 Å². The van der Waals surface area contributed by atoms with Gasteiger partial charge in [-0.05, 0) is 94.0 Å². The summed E-state index contributed by atoms with van der Waals surface area (Å²) in [6.45, 7) is 0. The number of hydrogen-bond acceptors (Lipinski definition) is 2. The zero-order valence-corrected chi connectivity index (χ0v) is 41.9. The van der Waals surface area contributed by atoms with Crippen molar-refractivity contribution < 1.29 is 0 Å². The van der Waals surface area contributed by atoms with Crippen LogP contribution in [0.2, 0.25) is 0 Å². The van der Waals surface area contributed by atoms with Gasteiger partial charge >= 0.3 is 0 Å². The van der Waals surface area contributed by atoms with E-state index in [4.69, 9.17) is 0 Å². The lowest BCUT2D eigenvalue weighted by atomic mass is 9.89. The van der Waals surface area contributed by atoms with E-state index >= 15 is 0 Å². The van der Waals surface area contributed by atoms with Gasteiger partial charge < -0.3 is 13.7 Å². The summed E-state index contributed by atoms with van der Waals surface area (Å²) in [6, 6.07) is 96.7. The van der Waals surface area contributed by atoms with Crippen LogP contribution in [0.4, 0.5) is 17.1 Å². The third-order valence-electron chi connectivity index (χ3n) is 16.3. The Hall–Kier alpha value is -9.74. The van der Waals surface area contributed by atoms with Gasteiger partial charge in [-0.2, -0.15) is 0 Å². The van der Waals surface area contributed by atoms with E-state index in [1.807, 2.05) is 11.3 Å². The van der Waals surface area contributed by atoms with Gasteiger partial charge in [0.15, 0.2) is 0 Å². The first-order valence-corrected chi connectivity index (χ1v) is 27.0. The Morgan fingerprint density at radius 3 is 1.26 bits per heavy atom. The molecule has 12 aromatic carbocycles. The van der Waals surface area contributed by atoms with Crippen LogP contribution in [0, 0.1) is 0 Å². The Kier molecular flexibility index (Phi) is 8.71. The van der Waals surface area contributed by atoms with E-state index in [1.54, 1.807) is 0 Å². The van der Waals surface area contributed by atoms with E-state index in [0.29, 0.717) is 0 Å². The Bertz CT molecular complexity index is 5130. The van der Waals surface area contributed by atoms with Crippen molar-refractivity contribution in [2.75, 3.05) is 4.90 Å². The van der Waals surface area contributed by atoms with Gasteiger partial charge in [-0.3, -0.25) is 0 Å². The normalized spacial score (nSPS) is 12.2. The predicted molar refractivity (Wildman–Crippen MR) is 325 cm³/mol. The number of thiophene rings is 1. The van der Waals surface area contributed by atoms with Crippen molar-refractivity contribution in [3.05, 3.63) is 261 Å². The number of anilines is 3. The summed E-state index contributed by atoms with van der Waals surface area (Å²) in [5.74, 6) is 0. The predicted octanol–water partition coefficient (Wildman–Crippen LogP) is 20.5. The highest BCUT2D eigenvalue weighted by Crippen LogP contribution is 2.54. The number of hydrogen-bond donors (Lipinski definition) is 0. The monoisotopic (exact) mass is 981 g/mol. The van der Waals surface area contributed by atoms with Crippen molar-refractivity contribution in [1.29, 1.82) is 0 Å². The van der Waals surface area contributed by atoms with Crippen LogP contribution in [0.5, 0.6) is 0 Å². The summed E-state index contributed by atoms with van der Waals surface area (Å²) in [6.07, 6.45) is 0. The molecule has 0 bridgehead atoms.